The Labute approximate surface area is 289 Å². The van der Waals surface area contributed by atoms with E-state index in [1.54, 1.807) is 38.4 Å². The molecule has 0 N–H and O–H groups in total. The van der Waals surface area contributed by atoms with Crippen molar-refractivity contribution in [1.29, 1.82) is 0 Å². The molecule has 1 aliphatic rings. The van der Waals surface area contributed by atoms with Gasteiger partial charge in [-0.15, -0.1) is 5.10 Å². The van der Waals surface area contributed by atoms with Gasteiger partial charge in [-0.2, -0.15) is 4.68 Å². The number of ether oxygens (including phenoxy) is 1. The summed E-state index contributed by atoms with van der Waals surface area (Å²) in [6, 6.07) is 10.1. The van der Waals surface area contributed by atoms with Crippen LogP contribution in [0.1, 0.15) is 101 Å². The molecule has 0 aliphatic carbocycles. The minimum atomic E-state index is -2.30. The highest BCUT2D eigenvalue weighted by atomic mass is 35.5. The van der Waals surface area contributed by atoms with E-state index in [2.05, 4.69) is 43.9 Å². The predicted molar refractivity (Wildman–Crippen MR) is 188 cm³/mol. The maximum Gasteiger partial charge on any atom is 0.436 e. The Morgan fingerprint density at radius 2 is 1.73 bits per heavy atom. The molecule has 2 unspecified atom stereocenters. The third-order valence-electron chi connectivity index (χ3n) is 9.44. The summed E-state index contributed by atoms with van der Waals surface area (Å²) in [5.41, 5.74) is 1.65. The second-order valence-corrected chi connectivity index (χ2v) is 20.4. The molecule has 1 aromatic carbocycles. The highest BCUT2D eigenvalue weighted by molar-refractivity contribution is 6.74. The molecular weight excluding hydrogens is 650 g/mol. The highest BCUT2D eigenvalue weighted by Gasteiger charge is 2.48. The van der Waals surface area contributed by atoms with Crippen LogP contribution in [0.25, 0.3) is 0 Å². The van der Waals surface area contributed by atoms with Crippen molar-refractivity contribution in [2.75, 3.05) is 7.05 Å². The van der Waals surface area contributed by atoms with Gasteiger partial charge in [-0.25, -0.2) is 14.6 Å². The van der Waals surface area contributed by atoms with E-state index in [0.29, 0.717) is 23.6 Å². The average Bonchev–Trinajstić information content (AvgIpc) is 3.56. The van der Waals surface area contributed by atoms with Crippen LogP contribution in [0.5, 0.6) is 0 Å². The third kappa shape index (κ3) is 8.56. The lowest BCUT2D eigenvalue weighted by atomic mass is 10.0. The zero-order valence-electron chi connectivity index (χ0n) is 30.0. The lowest BCUT2D eigenvalue weighted by Crippen LogP contribution is -2.50. The van der Waals surface area contributed by atoms with Gasteiger partial charge >= 0.3 is 11.8 Å². The van der Waals surface area contributed by atoms with E-state index in [-0.39, 0.29) is 35.0 Å². The number of aryl methyl sites for hydroxylation is 1. The van der Waals surface area contributed by atoms with Gasteiger partial charge in [-0.3, -0.25) is 9.69 Å². The first kappa shape index (κ1) is 37.3. The summed E-state index contributed by atoms with van der Waals surface area (Å²) >= 11 is 6.17. The zero-order chi connectivity index (χ0) is 35.8. The second-order valence-electron chi connectivity index (χ2n) is 15.2. The van der Waals surface area contributed by atoms with Crippen LogP contribution in [0.15, 0.2) is 51.8 Å². The molecule has 4 rings (SSSR count). The first-order chi connectivity index (χ1) is 22.2. The first-order valence-electron chi connectivity index (χ1n) is 16.4. The van der Waals surface area contributed by atoms with Gasteiger partial charge in [-0.1, -0.05) is 50.6 Å². The standard InChI is InChI=1S/C35H50ClN5O6Si/c1-22(30-38-40(9)32(43)45-30)39(8)31(42)24-14-12-23(13-15-24)20-26-17-18-27(41(26)33(44)46-34(2,3)4)29(25-16-19-28(36)37-21-25)47-48(10,11)35(5,6)7/h12-16,19,21-22,26-27,29H,17-18,20H2,1-11H3/t22-,26?,27?,29-/m1/s1. The Hall–Kier alpha value is -3.48. The predicted octanol–water partition coefficient (Wildman–Crippen LogP) is 7.33. The molecule has 3 aromatic rings. The summed E-state index contributed by atoms with van der Waals surface area (Å²) in [6.07, 6.45) is 2.98. The maximum atomic E-state index is 14.0. The molecule has 262 valence electrons. The van der Waals surface area contributed by atoms with E-state index in [4.69, 9.17) is 25.2 Å². The van der Waals surface area contributed by atoms with Crippen molar-refractivity contribution in [3.63, 3.8) is 0 Å². The third-order valence-corrected chi connectivity index (χ3v) is 14.1. The summed E-state index contributed by atoms with van der Waals surface area (Å²) in [6.45, 7) is 18.4. The number of likely N-dealkylation sites (tertiary alicyclic amines) is 1. The number of halogens is 1. The lowest BCUT2D eigenvalue weighted by molar-refractivity contribution is -0.00244. The minimum absolute atomic E-state index is 0.0593. The lowest BCUT2D eigenvalue weighted by Gasteiger charge is -2.43. The normalized spacial score (nSPS) is 18.5. The van der Waals surface area contributed by atoms with Gasteiger partial charge in [0.1, 0.15) is 16.8 Å². The fourth-order valence-corrected chi connectivity index (χ4v) is 6.95. The molecule has 0 saturated carbocycles. The van der Waals surface area contributed by atoms with Crippen LogP contribution in [0, 0.1) is 0 Å². The van der Waals surface area contributed by atoms with Gasteiger partial charge in [0.15, 0.2) is 8.32 Å². The number of carbonyl (C=O) groups is 2. The molecule has 0 bridgehead atoms. The van der Waals surface area contributed by atoms with Crippen molar-refractivity contribution in [3.05, 3.63) is 80.9 Å². The number of benzene rings is 1. The molecule has 1 saturated heterocycles. The van der Waals surface area contributed by atoms with Crippen LogP contribution in [-0.2, 0) is 22.6 Å². The largest absolute Gasteiger partial charge is 0.444 e. The van der Waals surface area contributed by atoms with Crippen molar-refractivity contribution in [1.82, 2.24) is 24.6 Å². The molecule has 0 spiro atoms. The van der Waals surface area contributed by atoms with E-state index < -0.39 is 31.8 Å². The summed E-state index contributed by atoms with van der Waals surface area (Å²) in [7, 11) is 0.841. The number of rotatable bonds is 9. The summed E-state index contributed by atoms with van der Waals surface area (Å²) < 4.78 is 19.3. The number of hydrogen-bond donors (Lipinski definition) is 0. The number of hydrogen-bond acceptors (Lipinski definition) is 8. The van der Waals surface area contributed by atoms with Gasteiger partial charge in [0.05, 0.1) is 12.1 Å². The number of nitrogens with zero attached hydrogens (tertiary/aromatic N) is 5. The van der Waals surface area contributed by atoms with Crippen molar-refractivity contribution in [3.8, 4) is 0 Å². The summed E-state index contributed by atoms with van der Waals surface area (Å²) in [4.78, 5) is 46.8. The van der Waals surface area contributed by atoms with Crippen LogP contribution in [0.4, 0.5) is 4.79 Å². The Morgan fingerprint density at radius 1 is 1.08 bits per heavy atom. The van der Waals surface area contributed by atoms with Gasteiger partial charge in [0.25, 0.3) is 5.91 Å². The zero-order valence-corrected chi connectivity index (χ0v) is 31.8. The molecular formula is C35H50ClN5O6Si. The van der Waals surface area contributed by atoms with E-state index >= 15 is 0 Å². The van der Waals surface area contributed by atoms with Crippen molar-refractivity contribution in [2.24, 2.45) is 7.05 Å². The molecule has 1 fully saturated rings. The van der Waals surface area contributed by atoms with Gasteiger partial charge in [0.2, 0.25) is 5.89 Å². The van der Waals surface area contributed by atoms with Crippen LogP contribution < -0.4 is 5.76 Å². The number of pyridine rings is 1. The van der Waals surface area contributed by atoms with E-state index in [1.807, 2.05) is 43.9 Å². The summed E-state index contributed by atoms with van der Waals surface area (Å²) in [5.74, 6) is -0.654. The Morgan fingerprint density at radius 3 is 2.25 bits per heavy atom. The quantitative estimate of drug-likeness (QED) is 0.168. The van der Waals surface area contributed by atoms with Crippen molar-refractivity contribution in [2.45, 2.75) is 116 Å². The molecule has 0 radical (unpaired) electrons. The second kappa shape index (κ2) is 14.2. The molecule has 48 heavy (non-hydrogen) atoms. The Kier molecular flexibility index (Phi) is 11.0. The molecule has 13 heteroatoms. The van der Waals surface area contributed by atoms with Crippen molar-refractivity contribution >= 4 is 31.9 Å². The SMILES string of the molecule is C[C@H](c1nn(C)c(=O)o1)N(C)C(=O)c1ccc(CC2CCC([C@H](O[Si](C)(C)C(C)(C)C)c3ccc(Cl)nc3)N2C(=O)OC(C)(C)C)cc1. The van der Waals surface area contributed by atoms with E-state index in [9.17, 15) is 14.4 Å². The minimum Gasteiger partial charge on any atom is -0.444 e. The van der Waals surface area contributed by atoms with E-state index in [0.717, 1.165) is 22.2 Å². The molecule has 1 aliphatic heterocycles. The van der Waals surface area contributed by atoms with E-state index in [1.165, 1.54) is 11.9 Å². The maximum absolute atomic E-state index is 14.0. The molecule has 3 heterocycles. The fraction of sp³-hybridized carbons (Fsp3) is 0.571. The number of aromatic nitrogens is 3. The number of amides is 2. The Bertz CT molecular complexity index is 1640. The first-order valence-corrected chi connectivity index (χ1v) is 19.7. The Balaban J connectivity index is 1.61. The molecule has 2 aromatic heterocycles. The van der Waals surface area contributed by atoms with Crippen molar-refractivity contribution < 1.29 is 23.2 Å². The molecule has 2 amide bonds. The van der Waals surface area contributed by atoms with Gasteiger partial charge < -0.3 is 18.5 Å². The highest BCUT2D eigenvalue weighted by Crippen LogP contribution is 2.44. The topological polar surface area (TPSA) is 120 Å². The van der Waals surface area contributed by atoms with Gasteiger partial charge in [-0.05, 0) is 88.9 Å². The summed E-state index contributed by atoms with van der Waals surface area (Å²) in [5, 5.41) is 4.41. The molecule has 11 nitrogen and oxygen atoms in total. The van der Waals surface area contributed by atoms with Gasteiger partial charge in [0, 0.05) is 37.5 Å². The number of carbonyl (C=O) groups excluding carboxylic acids is 2. The fourth-order valence-electron chi connectivity index (χ4n) is 5.56. The van der Waals surface area contributed by atoms with Crippen LogP contribution >= 0.6 is 11.6 Å². The average molecular weight is 700 g/mol. The van der Waals surface area contributed by atoms with Crippen LogP contribution in [-0.4, -0.2) is 69.6 Å². The monoisotopic (exact) mass is 699 g/mol. The molecule has 4 atom stereocenters. The smallest absolute Gasteiger partial charge is 0.436 e. The van der Waals surface area contributed by atoms with Crippen LogP contribution in [0.3, 0.4) is 0 Å². The van der Waals surface area contributed by atoms with Crippen LogP contribution in [0.2, 0.25) is 23.3 Å².